The highest BCUT2D eigenvalue weighted by atomic mass is 32.2. The lowest BCUT2D eigenvalue weighted by atomic mass is 10.1. The van der Waals surface area contributed by atoms with Crippen LogP contribution < -0.4 is 9.62 Å². The third-order valence-electron chi connectivity index (χ3n) is 4.88. The van der Waals surface area contributed by atoms with Crippen molar-refractivity contribution in [3.63, 3.8) is 0 Å². The highest BCUT2D eigenvalue weighted by Gasteiger charge is 2.38. The highest BCUT2D eigenvalue weighted by molar-refractivity contribution is 7.92. The number of halogens is 3. The van der Waals surface area contributed by atoms with Crippen molar-refractivity contribution in [2.45, 2.75) is 51.6 Å². The molecular formula is C22H28F3N3O6S. The highest BCUT2D eigenvalue weighted by Crippen LogP contribution is 2.25. The largest absolute Gasteiger partial charge is 0.490 e. The van der Waals surface area contributed by atoms with E-state index in [1.165, 1.54) is 12.3 Å². The summed E-state index contributed by atoms with van der Waals surface area (Å²) in [5.74, 6) is -3.60. The van der Waals surface area contributed by atoms with Crippen LogP contribution in [0.1, 0.15) is 46.8 Å². The molecular weight excluding hydrogens is 491 g/mol. The van der Waals surface area contributed by atoms with Gasteiger partial charge in [-0.1, -0.05) is 19.4 Å². The van der Waals surface area contributed by atoms with E-state index >= 15 is 0 Å². The quantitative estimate of drug-likeness (QED) is 0.468. The molecule has 0 fully saturated rings. The van der Waals surface area contributed by atoms with Gasteiger partial charge in [0.25, 0.3) is 10.0 Å². The number of anilines is 2. The van der Waals surface area contributed by atoms with Gasteiger partial charge in [0, 0.05) is 13.6 Å². The molecule has 0 aliphatic rings. The minimum Gasteiger partial charge on any atom is -0.478 e. The summed E-state index contributed by atoms with van der Waals surface area (Å²) in [4.78, 5) is 26.7. The Bertz CT molecular complexity index is 1180. The lowest BCUT2D eigenvalue weighted by Gasteiger charge is -2.20. The molecule has 35 heavy (non-hydrogen) atoms. The standard InChI is InChI=1S/C20H27N3O4S.C2HF3O2/c1-6-7-8-23(5)19-17(20(24)25)11-16(12-21-19)22-28(26,27)18-10-14(3)13(2)9-15(18)4;3-2(4,5)1(6)7/h9-12,22H,6-8H2,1-5H3,(H,24,25);(H,6,7). The number of nitrogens with zero attached hydrogens (tertiary/aromatic N) is 2. The molecule has 1 aromatic heterocycles. The van der Waals surface area contributed by atoms with E-state index in [4.69, 9.17) is 9.90 Å². The Balaban J connectivity index is 0.000000762. The molecule has 2 rings (SSSR count). The van der Waals surface area contributed by atoms with Crippen molar-refractivity contribution in [1.29, 1.82) is 0 Å². The van der Waals surface area contributed by atoms with Gasteiger partial charge in [0.05, 0.1) is 16.8 Å². The third-order valence-corrected chi connectivity index (χ3v) is 6.40. The van der Waals surface area contributed by atoms with Crippen LogP contribution in [0.4, 0.5) is 24.7 Å². The Hall–Kier alpha value is -3.35. The average molecular weight is 520 g/mol. The fraction of sp³-hybridized carbons (Fsp3) is 0.409. The molecule has 0 spiro atoms. The molecule has 0 atom stereocenters. The van der Waals surface area contributed by atoms with E-state index in [-0.39, 0.29) is 16.1 Å². The average Bonchev–Trinajstić information content (AvgIpc) is 2.73. The van der Waals surface area contributed by atoms with Gasteiger partial charge in [0.1, 0.15) is 11.4 Å². The molecule has 9 nitrogen and oxygen atoms in total. The number of pyridine rings is 1. The SMILES string of the molecule is CCCCN(C)c1ncc(NS(=O)(=O)c2cc(C)c(C)cc2C)cc1C(=O)O.O=C(O)C(F)(F)F. The lowest BCUT2D eigenvalue weighted by molar-refractivity contribution is -0.192. The van der Waals surface area contributed by atoms with Gasteiger partial charge >= 0.3 is 18.1 Å². The molecule has 0 bridgehead atoms. The molecule has 0 amide bonds. The Morgan fingerprint density at radius 1 is 1.06 bits per heavy atom. The number of sulfonamides is 1. The summed E-state index contributed by atoms with van der Waals surface area (Å²) in [6.07, 6.45) is -1.87. The van der Waals surface area contributed by atoms with E-state index < -0.39 is 28.1 Å². The number of aryl methyl sites for hydroxylation is 3. The van der Waals surface area contributed by atoms with Crippen LogP contribution in [-0.4, -0.2) is 55.3 Å². The Labute approximate surface area is 201 Å². The number of carbonyl (C=O) groups is 2. The van der Waals surface area contributed by atoms with Gasteiger partial charge in [-0.15, -0.1) is 0 Å². The summed E-state index contributed by atoms with van der Waals surface area (Å²) in [6, 6.07) is 4.74. The summed E-state index contributed by atoms with van der Waals surface area (Å²) in [5, 5.41) is 16.7. The number of aliphatic carboxylic acids is 1. The van der Waals surface area contributed by atoms with E-state index in [2.05, 4.69) is 9.71 Å². The molecule has 13 heteroatoms. The first-order valence-electron chi connectivity index (χ1n) is 10.4. The van der Waals surface area contributed by atoms with Crippen LogP contribution in [0.15, 0.2) is 29.3 Å². The summed E-state index contributed by atoms with van der Waals surface area (Å²) in [6.45, 7) is 8.21. The zero-order valence-electron chi connectivity index (χ0n) is 19.9. The maximum absolute atomic E-state index is 12.8. The zero-order valence-corrected chi connectivity index (χ0v) is 20.7. The number of carboxylic acids is 2. The fourth-order valence-electron chi connectivity index (χ4n) is 2.91. The molecule has 0 radical (unpaired) electrons. The molecule has 194 valence electrons. The minimum absolute atomic E-state index is 0.0457. The van der Waals surface area contributed by atoms with Crippen molar-refractivity contribution in [1.82, 2.24) is 4.98 Å². The molecule has 0 unspecified atom stereocenters. The smallest absolute Gasteiger partial charge is 0.478 e. The van der Waals surface area contributed by atoms with Crippen LogP contribution in [0, 0.1) is 20.8 Å². The summed E-state index contributed by atoms with van der Waals surface area (Å²) in [7, 11) is -2.10. The summed E-state index contributed by atoms with van der Waals surface area (Å²) in [5.41, 5.74) is 2.56. The molecule has 0 saturated carbocycles. The van der Waals surface area contributed by atoms with E-state index in [0.717, 1.165) is 24.0 Å². The second-order valence-electron chi connectivity index (χ2n) is 7.79. The monoisotopic (exact) mass is 519 g/mol. The van der Waals surface area contributed by atoms with Crippen LogP contribution in [0.3, 0.4) is 0 Å². The number of aromatic nitrogens is 1. The van der Waals surface area contributed by atoms with Gasteiger partial charge in [-0.25, -0.2) is 23.0 Å². The Morgan fingerprint density at radius 2 is 1.60 bits per heavy atom. The van der Waals surface area contributed by atoms with E-state index in [9.17, 15) is 31.5 Å². The number of benzene rings is 1. The number of alkyl halides is 3. The van der Waals surface area contributed by atoms with E-state index in [0.29, 0.717) is 17.9 Å². The van der Waals surface area contributed by atoms with Crippen molar-refractivity contribution < 1.29 is 41.4 Å². The predicted octanol–water partition coefficient (Wildman–Crippen LogP) is 4.38. The van der Waals surface area contributed by atoms with Crippen molar-refractivity contribution in [2.75, 3.05) is 23.2 Å². The first-order valence-corrected chi connectivity index (χ1v) is 11.8. The molecule has 2 aromatic rings. The third kappa shape index (κ3) is 8.42. The summed E-state index contributed by atoms with van der Waals surface area (Å²) >= 11 is 0. The Kier molecular flexibility index (Phi) is 10.1. The molecule has 0 saturated heterocycles. The number of hydrogen-bond acceptors (Lipinski definition) is 6. The number of hydrogen-bond donors (Lipinski definition) is 3. The van der Waals surface area contributed by atoms with Crippen molar-refractivity contribution in [3.8, 4) is 0 Å². The van der Waals surface area contributed by atoms with Crippen molar-refractivity contribution >= 4 is 33.5 Å². The molecule has 1 aromatic carbocycles. The van der Waals surface area contributed by atoms with Gasteiger partial charge in [0.2, 0.25) is 0 Å². The van der Waals surface area contributed by atoms with Crippen molar-refractivity contribution in [2.24, 2.45) is 0 Å². The van der Waals surface area contributed by atoms with Gasteiger partial charge in [0.15, 0.2) is 0 Å². The lowest BCUT2D eigenvalue weighted by Crippen LogP contribution is -2.23. The van der Waals surface area contributed by atoms with Crippen LogP contribution in [0.5, 0.6) is 0 Å². The minimum atomic E-state index is -5.08. The number of nitrogens with one attached hydrogen (secondary N) is 1. The second-order valence-corrected chi connectivity index (χ2v) is 9.44. The molecule has 0 aliphatic carbocycles. The number of aromatic carboxylic acids is 1. The first kappa shape index (κ1) is 29.7. The number of rotatable bonds is 8. The topological polar surface area (TPSA) is 137 Å². The normalized spacial score (nSPS) is 11.3. The number of unbranched alkanes of at least 4 members (excludes halogenated alkanes) is 1. The van der Waals surface area contributed by atoms with Gasteiger partial charge in [-0.05, 0) is 56.0 Å². The maximum atomic E-state index is 12.8. The first-order chi connectivity index (χ1) is 16.0. The van der Waals surface area contributed by atoms with Crippen molar-refractivity contribution in [3.05, 3.63) is 46.6 Å². The van der Waals surface area contributed by atoms with E-state index in [1.807, 2.05) is 26.8 Å². The molecule has 3 N–H and O–H groups in total. The number of carboxylic acid groups (broad SMARTS) is 2. The maximum Gasteiger partial charge on any atom is 0.490 e. The van der Waals surface area contributed by atoms with Gasteiger partial charge in [-0.3, -0.25) is 4.72 Å². The van der Waals surface area contributed by atoms with Crippen LogP contribution in [0.2, 0.25) is 0 Å². The van der Waals surface area contributed by atoms with Crippen LogP contribution >= 0.6 is 0 Å². The summed E-state index contributed by atoms with van der Waals surface area (Å²) < 4.78 is 59.9. The predicted molar refractivity (Wildman–Crippen MR) is 125 cm³/mol. The van der Waals surface area contributed by atoms with Gasteiger partial charge in [-0.2, -0.15) is 13.2 Å². The van der Waals surface area contributed by atoms with E-state index in [1.54, 1.807) is 24.9 Å². The second kappa shape index (κ2) is 11.9. The molecule has 1 heterocycles. The van der Waals surface area contributed by atoms with Crippen LogP contribution in [-0.2, 0) is 14.8 Å². The fourth-order valence-corrected chi connectivity index (χ4v) is 4.26. The zero-order chi connectivity index (χ0) is 27.1. The van der Waals surface area contributed by atoms with Gasteiger partial charge < -0.3 is 15.1 Å². The Morgan fingerprint density at radius 3 is 2.09 bits per heavy atom. The molecule has 0 aliphatic heterocycles. The van der Waals surface area contributed by atoms with Crippen LogP contribution in [0.25, 0.3) is 0 Å².